The summed E-state index contributed by atoms with van der Waals surface area (Å²) in [5.74, 6) is 1.07. The van der Waals surface area contributed by atoms with Gasteiger partial charge in [-0.15, -0.1) is 0 Å². The Morgan fingerprint density at radius 1 is 1.10 bits per heavy atom. The lowest BCUT2D eigenvalue weighted by atomic mass is 10.1. The van der Waals surface area contributed by atoms with Crippen LogP contribution < -0.4 is 4.74 Å². The van der Waals surface area contributed by atoms with Gasteiger partial charge >= 0.3 is 0 Å². The van der Waals surface area contributed by atoms with Gasteiger partial charge in [0, 0.05) is 19.6 Å². The predicted octanol–water partition coefficient (Wildman–Crippen LogP) is 2.48. The molecule has 0 spiro atoms. The Kier molecular flexibility index (Phi) is 7.23. The molecule has 0 aromatic heterocycles. The maximum absolute atomic E-state index is 12.0. The topological polar surface area (TPSA) is 32.8 Å². The van der Waals surface area contributed by atoms with Crippen molar-refractivity contribution in [2.24, 2.45) is 0 Å². The molecule has 21 heavy (non-hydrogen) atoms. The Morgan fingerprint density at radius 2 is 1.67 bits per heavy atom. The van der Waals surface area contributed by atoms with E-state index in [-0.39, 0.29) is 5.91 Å². The number of rotatable bonds is 8. The number of carbonyl (C=O) groups is 1. The summed E-state index contributed by atoms with van der Waals surface area (Å²) in [4.78, 5) is 15.8. The number of hydrogen-bond donors (Lipinski definition) is 0. The summed E-state index contributed by atoms with van der Waals surface area (Å²) >= 11 is 0. The van der Waals surface area contributed by atoms with Gasteiger partial charge in [-0.3, -0.25) is 9.69 Å². The van der Waals surface area contributed by atoms with Gasteiger partial charge in [-0.1, -0.05) is 6.07 Å². The second-order valence-electron chi connectivity index (χ2n) is 5.48. The summed E-state index contributed by atoms with van der Waals surface area (Å²) in [5, 5.41) is 0. The van der Waals surface area contributed by atoms with E-state index < -0.39 is 0 Å². The van der Waals surface area contributed by atoms with Gasteiger partial charge in [-0.2, -0.15) is 0 Å². The fourth-order valence-electron chi connectivity index (χ4n) is 2.32. The minimum absolute atomic E-state index is 0.175. The molecule has 0 bridgehead atoms. The van der Waals surface area contributed by atoms with Crippen molar-refractivity contribution in [2.75, 3.05) is 39.8 Å². The number of benzene rings is 1. The van der Waals surface area contributed by atoms with Crippen molar-refractivity contribution in [1.82, 2.24) is 9.80 Å². The van der Waals surface area contributed by atoms with Gasteiger partial charge in [0.1, 0.15) is 12.4 Å². The molecule has 1 aromatic rings. The van der Waals surface area contributed by atoms with Crippen LogP contribution in [0.25, 0.3) is 0 Å². The highest BCUT2D eigenvalue weighted by Crippen LogP contribution is 2.15. The van der Waals surface area contributed by atoms with E-state index in [0.29, 0.717) is 13.2 Å². The third-order valence-electron chi connectivity index (χ3n) is 3.46. The van der Waals surface area contributed by atoms with Crippen LogP contribution in [0, 0.1) is 13.8 Å². The predicted molar refractivity (Wildman–Crippen MR) is 86.8 cm³/mol. The maximum Gasteiger partial charge on any atom is 0.236 e. The highest BCUT2D eigenvalue weighted by atomic mass is 16.5. The molecule has 0 aliphatic rings. The molecule has 0 aliphatic carbocycles. The number of likely N-dealkylation sites (N-methyl/N-ethyl adjacent to an activating group) is 2. The molecule has 1 aromatic carbocycles. The van der Waals surface area contributed by atoms with Crippen molar-refractivity contribution in [3.8, 4) is 5.75 Å². The van der Waals surface area contributed by atoms with Crippen LogP contribution in [0.5, 0.6) is 5.75 Å². The Balaban J connectivity index is 2.36. The van der Waals surface area contributed by atoms with Crippen LogP contribution in [0.3, 0.4) is 0 Å². The zero-order chi connectivity index (χ0) is 15.8. The van der Waals surface area contributed by atoms with Crippen LogP contribution in [0.1, 0.15) is 25.0 Å². The van der Waals surface area contributed by atoms with Crippen LogP contribution in [0.4, 0.5) is 0 Å². The number of aryl methyl sites for hydroxylation is 2. The number of ether oxygens (including phenoxy) is 1. The SMILES string of the molecule is CCN(CC)C(=O)CN(C)CCOc1cc(C)cc(C)c1. The highest BCUT2D eigenvalue weighted by Gasteiger charge is 2.12. The van der Waals surface area contributed by atoms with Gasteiger partial charge in [0.25, 0.3) is 0 Å². The van der Waals surface area contributed by atoms with E-state index in [9.17, 15) is 4.79 Å². The molecular weight excluding hydrogens is 264 g/mol. The van der Waals surface area contributed by atoms with Crippen LogP contribution in [0.15, 0.2) is 18.2 Å². The standard InChI is InChI=1S/C17H28N2O2/c1-6-19(7-2)17(20)13-18(5)8-9-21-16-11-14(3)10-15(4)12-16/h10-12H,6-9,13H2,1-5H3. The Labute approximate surface area is 128 Å². The molecule has 0 radical (unpaired) electrons. The van der Waals surface area contributed by atoms with Crippen LogP contribution in [0.2, 0.25) is 0 Å². The minimum Gasteiger partial charge on any atom is -0.492 e. The molecule has 0 aliphatic heterocycles. The van der Waals surface area contributed by atoms with E-state index in [1.54, 1.807) is 0 Å². The third kappa shape index (κ3) is 6.17. The summed E-state index contributed by atoms with van der Waals surface area (Å²) in [6.07, 6.45) is 0. The summed E-state index contributed by atoms with van der Waals surface area (Å²) in [6, 6.07) is 6.20. The number of hydrogen-bond acceptors (Lipinski definition) is 3. The normalized spacial score (nSPS) is 10.8. The highest BCUT2D eigenvalue weighted by molar-refractivity contribution is 5.78. The first kappa shape index (κ1) is 17.5. The number of carbonyl (C=O) groups excluding carboxylic acids is 1. The molecule has 4 heteroatoms. The lowest BCUT2D eigenvalue weighted by Gasteiger charge is -2.23. The minimum atomic E-state index is 0.175. The molecule has 0 atom stereocenters. The van der Waals surface area contributed by atoms with Crippen molar-refractivity contribution >= 4 is 5.91 Å². The molecule has 4 nitrogen and oxygen atoms in total. The van der Waals surface area contributed by atoms with Gasteiger partial charge in [0.2, 0.25) is 5.91 Å². The quantitative estimate of drug-likeness (QED) is 0.738. The second-order valence-corrected chi connectivity index (χ2v) is 5.48. The smallest absolute Gasteiger partial charge is 0.236 e. The first-order valence-corrected chi connectivity index (χ1v) is 7.63. The van der Waals surface area contributed by atoms with Gasteiger partial charge in [-0.25, -0.2) is 0 Å². The Hall–Kier alpha value is -1.55. The molecular formula is C17H28N2O2. The zero-order valence-electron chi connectivity index (χ0n) is 14.0. The molecule has 1 amide bonds. The third-order valence-corrected chi connectivity index (χ3v) is 3.46. The number of amides is 1. The fourth-order valence-corrected chi connectivity index (χ4v) is 2.32. The fraction of sp³-hybridized carbons (Fsp3) is 0.588. The summed E-state index contributed by atoms with van der Waals surface area (Å²) in [7, 11) is 1.95. The lowest BCUT2D eigenvalue weighted by molar-refractivity contribution is -0.131. The second kappa shape index (κ2) is 8.67. The van der Waals surface area contributed by atoms with Crippen molar-refractivity contribution in [3.63, 3.8) is 0 Å². The molecule has 0 N–H and O–H groups in total. The first-order chi connectivity index (χ1) is 9.96. The molecule has 0 saturated carbocycles. The van der Waals surface area contributed by atoms with Gasteiger partial charge in [-0.05, 0) is 58.0 Å². The van der Waals surface area contributed by atoms with Gasteiger partial charge < -0.3 is 9.64 Å². The van der Waals surface area contributed by atoms with E-state index in [2.05, 4.69) is 19.9 Å². The Bertz CT molecular complexity index is 436. The largest absolute Gasteiger partial charge is 0.492 e. The van der Waals surface area contributed by atoms with Gasteiger partial charge in [0.15, 0.2) is 0 Å². The van der Waals surface area contributed by atoms with E-state index in [0.717, 1.165) is 25.4 Å². The van der Waals surface area contributed by atoms with Crippen LogP contribution >= 0.6 is 0 Å². The molecule has 0 fully saturated rings. The molecule has 0 unspecified atom stereocenters. The Morgan fingerprint density at radius 3 is 2.19 bits per heavy atom. The summed E-state index contributed by atoms with van der Waals surface area (Å²) in [6.45, 7) is 11.4. The van der Waals surface area contributed by atoms with Crippen molar-refractivity contribution in [2.45, 2.75) is 27.7 Å². The lowest BCUT2D eigenvalue weighted by Crippen LogP contribution is -2.39. The van der Waals surface area contributed by atoms with Crippen molar-refractivity contribution in [3.05, 3.63) is 29.3 Å². The van der Waals surface area contributed by atoms with Crippen LogP contribution in [-0.4, -0.2) is 55.5 Å². The first-order valence-electron chi connectivity index (χ1n) is 7.63. The number of nitrogens with zero attached hydrogens (tertiary/aromatic N) is 2. The summed E-state index contributed by atoms with van der Waals surface area (Å²) in [5.41, 5.74) is 2.41. The van der Waals surface area contributed by atoms with Gasteiger partial charge in [0.05, 0.1) is 6.54 Å². The summed E-state index contributed by atoms with van der Waals surface area (Å²) < 4.78 is 5.77. The zero-order valence-corrected chi connectivity index (χ0v) is 14.0. The average Bonchev–Trinajstić information content (AvgIpc) is 2.38. The molecule has 0 saturated heterocycles. The molecule has 0 heterocycles. The van der Waals surface area contributed by atoms with E-state index >= 15 is 0 Å². The van der Waals surface area contributed by atoms with E-state index in [1.807, 2.05) is 42.8 Å². The van der Waals surface area contributed by atoms with Crippen molar-refractivity contribution in [1.29, 1.82) is 0 Å². The van der Waals surface area contributed by atoms with Crippen molar-refractivity contribution < 1.29 is 9.53 Å². The average molecular weight is 292 g/mol. The monoisotopic (exact) mass is 292 g/mol. The van der Waals surface area contributed by atoms with E-state index in [4.69, 9.17) is 4.74 Å². The van der Waals surface area contributed by atoms with E-state index in [1.165, 1.54) is 11.1 Å². The molecule has 1 rings (SSSR count). The van der Waals surface area contributed by atoms with Crippen LogP contribution in [-0.2, 0) is 4.79 Å². The molecule has 118 valence electrons. The maximum atomic E-state index is 12.0.